The lowest BCUT2D eigenvalue weighted by atomic mass is 9.48. The van der Waals surface area contributed by atoms with Gasteiger partial charge in [0.15, 0.2) is 0 Å². The van der Waals surface area contributed by atoms with Gasteiger partial charge in [-0.1, -0.05) is 6.92 Å². The van der Waals surface area contributed by atoms with Crippen molar-refractivity contribution in [1.82, 2.24) is 4.90 Å². The Bertz CT molecular complexity index is 279. The third-order valence-corrected chi connectivity index (χ3v) is 6.79. The summed E-state index contributed by atoms with van der Waals surface area (Å²) in [4.78, 5) is 2.68. The molecule has 0 aromatic rings. The fourth-order valence-electron chi connectivity index (χ4n) is 5.74. The minimum Gasteiger partial charge on any atom is -0.329 e. The molecule has 4 saturated carbocycles. The lowest BCUT2D eigenvalue weighted by Crippen LogP contribution is -2.69. The Balaban J connectivity index is 1.91. The first kappa shape index (κ1) is 12.9. The largest absolute Gasteiger partial charge is 0.329 e. The first-order valence-corrected chi connectivity index (χ1v) is 8.04. The van der Waals surface area contributed by atoms with Gasteiger partial charge in [0, 0.05) is 18.1 Å². The molecule has 0 aromatic heterocycles. The van der Waals surface area contributed by atoms with Gasteiger partial charge in [0.05, 0.1) is 0 Å². The number of hydrogen-bond donors (Lipinski definition) is 1. The van der Waals surface area contributed by atoms with Gasteiger partial charge in [0.25, 0.3) is 0 Å². The predicted molar refractivity (Wildman–Crippen MR) is 76.3 cm³/mol. The van der Waals surface area contributed by atoms with Crippen molar-refractivity contribution in [2.75, 3.05) is 13.6 Å². The van der Waals surface area contributed by atoms with Crippen LogP contribution < -0.4 is 5.73 Å². The highest BCUT2D eigenvalue weighted by molar-refractivity contribution is 5.12. The lowest BCUT2D eigenvalue weighted by Gasteiger charge is -2.65. The second kappa shape index (κ2) is 4.49. The van der Waals surface area contributed by atoms with Crippen molar-refractivity contribution in [1.29, 1.82) is 0 Å². The van der Waals surface area contributed by atoms with Gasteiger partial charge in [0.1, 0.15) is 0 Å². The molecule has 1 atom stereocenters. The van der Waals surface area contributed by atoms with E-state index in [2.05, 4.69) is 25.8 Å². The molecule has 18 heavy (non-hydrogen) atoms. The molecule has 0 spiro atoms. The average molecular weight is 250 g/mol. The van der Waals surface area contributed by atoms with Gasteiger partial charge in [0.2, 0.25) is 0 Å². The summed E-state index contributed by atoms with van der Waals surface area (Å²) < 4.78 is 0. The summed E-state index contributed by atoms with van der Waals surface area (Å²) in [6.45, 7) is 5.56. The van der Waals surface area contributed by atoms with Crippen LogP contribution in [0.15, 0.2) is 0 Å². The summed E-state index contributed by atoms with van der Waals surface area (Å²) in [6.07, 6.45) is 8.62. The number of likely N-dealkylation sites (N-methyl/N-ethyl adjacent to an activating group) is 1. The summed E-state index contributed by atoms with van der Waals surface area (Å²) in [5.41, 5.74) is 6.68. The molecular weight excluding hydrogens is 220 g/mol. The predicted octanol–water partition coefficient (Wildman–Crippen LogP) is 2.87. The fraction of sp³-hybridized carbons (Fsp3) is 1.00. The van der Waals surface area contributed by atoms with Gasteiger partial charge in [-0.05, 0) is 76.2 Å². The monoisotopic (exact) mass is 250 g/mol. The molecule has 2 nitrogen and oxygen atoms in total. The van der Waals surface area contributed by atoms with Crippen molar-refractivity contribution in [3.8, 4) is 0 Å². The number of hydrogen-bond acceptors (Lipinski definition) is 2. The highest BCUT2D eigenvalue weighted by atomic mass is 15.2. The minimum atomic E-state index is 0.336. The first-order valence-electron chi connectivity index (χ1n) is 8.04. The molecule has 0 amide bonds. The molecule has 104 valence electrons. The molecule has 4 aliphatic carbocycles. The van der Waals surface area contributed by atoms with Gasteiger partial charge >= 0.3 is 0 Å². The van der Waals surface area contributed by atoms with Crippen LogP contribution >= 0.6 is 0 Å². The van der Waals surface area contributed by atoms with E-state index in [1.165, 1.54) is 38.5 Å². The average Bonchev–Trinajstić information content (AvgIpc) is 2.37. The molecule has 0 saturated heterocycles. The molecule has 1 unspecified atom stereocenters. The summed E-state index contributed by atoms with van der Waals surface area (Å²) >= 11 is 0. The molecule has 0 aromatic carbocycles. The van der Waals surface area contributed by atoms with E-state index in [0.29, 0.717) is 11.6 Å². The van der Waals surface area contributed by atoms with Gasteiger partial charge in [-0.15, -0.1) is 0 Å². The van der Waals surface area contributed by atoms with Crippen LogP contribution in [-0.2, 0) is 0 Å². The third kappa shape index (κ3) is 1.61. The topological polar surface area (TPSA) is 29.3 Å². The van der Waals surface area contributed by atoms with Crippen LogP contribution in [0.5, 0.6) is 0 Å². The summed E-state index contributed by atoms with van der Waals surface area (Å²) in [6, 6.07) is 0.672. The quantitative estimate of drug-likeness (QED) is 0.831. The molecule has 4 rings (SSSR count). The SMILES string of the molecule is CCC(C)N(C)C1(CN)C2CC3CC(C2)CC1C3. The Morgan fingerprint density at radius 3 is 2.00 bits per heavy atom. The molecule has 0 heterocycles. The van der Waals surface area contributed by atoms with Gasteiger partial charge in [-0.2, -0.15) is 0 Å². The smallest absolute Gasteiger partial charge is 0.0388 e. The van der Waals surface area contributed by atoms with E-state index in [1.54, 1.807) is 0 Å². The van der Waals surface area contributed by atoms with Crippen molar-refractivity contribution in [3.05, 3.63) is 0 Å². The molecule has 0 aliphatic heterocycles. The van der Waals surface area contributed by atoms with Crippen molar-refractivity contribution >= 4 is 0 Å². The van der Waals surface area contributed by atoms with Gasteiger partial charge < -0.3 is 5.73 Å². The maximum Gasteiger partial charge on any atom is 0.0388 e. The van der Waals surface area contributed by atoms with Crippen LogP contribution in [0.2, 0.25) is 0 Å². The lowest BCUT2D eigenvalue weighted by molar-refractivity contribution is -0.133. The molecule has 4 fully saturated rings. The van der Waals surface area contributed by atoms with Gasteiger partial charge in [-0.3, -0.25) is 4.90 Å². The Kier molecular flexibility index (Phi) is 3.22. The van der Waals surface area contributed by atoms with Crippen LogP contribution in [0.1, 0.15) is 52.4 Å². The van der Waals surface area contributed by atoms with E-state index < -0.39 is 0 Å². The molecule has 0 radical (unpaired) electrons. The second-order valence-corrected chi connectivity index (χ2v) is 7.37. The normalized spacial score (nSPS) is 47.8. The first-order chi connectivity index (χ1) is 8.61. The van der Waals surface area contributed by atoms with E-state index in [1.807, 2.05) is 0 Å². The molecule has 4 bridgehead atoms. The molecular formula is C16H30N2. The summed E-state index contributed by atoms with van der Waals surface area (Å²) in [5.74, 6) is 3.85. The van der Waals surface area contributed by atoms with E-state index in [9.17, 15) is 0 Å². The Labute approximate surface area is 112 Å². The van der Waals surface area contributed by atoms with Gasteiger partial charge in [-0.25, -0.2) is 0 Å². The zero-order chi connectivity index (χ0) is 12.9. The summed E-state index contributed by atoms with van der Waals surface area (Å²) in [5, 5.41) is 0. The minimum absolute atomic E-state index is 0.336. The van der Waals surface area contributed by atoms with Crippen LogP contribution in [0.25, 0.3) is 0 Å². The van der Waals surface area contributed by atoms with Crippen molar-refractivity contribution in [2.24, 2.45) is 29.4 Å². The van der Waals surface area contributed by atoms with E-state index >= 15 is 0 Å². The fourth-order valence-corrected chi connectivity index (χ4v) is 5.74. The van der Waals surface area contributed by atoms with Crippen molar-refractivity contribution in [3.63, 3.8) is 0 Å². The van der Waals surface area contributed by atoms with Crippen LogP contribution in [0.4, 0.5) is 0 Å². The Hall–Kier alpha value is -0.0800. The highest BCUT2D eigenvalue weighted by Crippen LogP contribution is 2.59. The highest BCUT2D eigenvalue weighted by Gasteiger charge is 2.58. The van der Waals surface area contributed by atoms with Crippen molar-refractivity contribution < 1.29 is 0 Å². The zero-order valence-corrected chi connectivity index (χ0v) is 12.4. The van der Waals surface area contributed by atoms with E-state index in [-0.39, 0.29) is 0 Å². The molecule has 4 aliphatic rings. The number of nitrogens with zero attached hydrogens (tertiary/aromatic N) is 1. The standard InChI is InChI=1S/C16H30N2/c1-4-11(2)18(3)16(10-17)14-6-12-5-13(8-14)9-15(16)7-12/h11-15H,4-10,17H2,1-3H3. The van der Waals surface area contributed by atoms with E-state index in [0.717, 1.165) is 30.2 Å². The molecule has 2 N–H and O–H groups in total. The van der Waals surface area contributed by atoms with Crippen LogP contribution in [0.3, 0.4) is 0 Å². The third-order valence-electron chi connectivity index (χ3n) is 6.79. The number of rotatable bonds is 4. The van der Waals surface area contributed by atoms with Crippen molar-refractivity contribution in [2.45, 2.75) is 64.0 Å². The zero-order valence-electron chi connectivity index (χ0n) is 12.4. The van der Waals surface area contributed by atoms with Crippen LogP contribution in [0, 0.1) is 23.7 Å². The maximum absolute atomic E-state index is 6.34. The maximum atomic E-state index is 6.34. The Morgan fingerprint density at radius 2 is 1.61 bits per heavy atom. The Morgan fingerprint density at radius 1 is 1.11 bits per heavy atom. The van der Waals surface area contributed by atoms with Crippen LogP contribution in [-0.4, -0.2) is 30.1 Å². The van der Waals surface area contributed by atoms with E-state index in [4.69, 9.17) is 5.73 Å². The second-order valence-electron chi connectivity index (χ2n) is 7.37. The number of nitrogens with two attached hydrogens (primary N) is 1. The summed E-state index contributed by atoms with van der Waals surface area (Å²) in [7, 11) is 2.35. The molecule has 2 heteroatoms.